The van der Waals surface area contributed by atoms with Gasteiger partial charge in [-0.15, -0.1) is 0 Å². The standard InChI is InChI=1S/C12H13BrFNO2/c13-8-2-3-9(10(14)6-8)11(16)15-7-12(17)4-1-5-12/h2-3,6,17H,1,4-5,7H2,(H,15,16). The Morgan fingerprint density at radius 1 is 1.53 bits per heavy atom. The summed E-state index contributed by atoms with van der Waals surface area (Å²) in [7, 11) is 0. The number of hydrogen-bond acceptors (Lipinski definition) is 2. The van der Waals surface area contributed by atoms with E-state index in [4.69, 9.17) is 0 Å². The molecule has 1 amide bonds. The maximum absolute atomic E-state index is 13.5. The van der Waals surface area contributed by atoms with Crippen LogP contribution in [-0.4, -0.2) is 23.2 Å². The third-order valence-corrected chi connectivity index (χ3v) is 3.53. The molecule has 0 aromatic heterocycles. The number of amides is 1. The van der Waals surface area contributed by atoms with Crippen LogP contribution >= 0.6 is 15.9 Å². The number of carbonyl (C=O) groups is 1. The van der Waals surface area contributed by atoms with E-state index in [1.54, 1.807) is 6.07 Å². The van der Waals surface area contributed by atoms with Crippen molar-refractivity contribution in [3.8, 4) is 0 Å². The SMILES string of the molecule is O=C(NCC1(O)CCC1)c1ccc(Br)cc1F. The summed E-state index contributed by atoms with van der Waals surface area (Å²) in [6.07, 6.45) is 2.35. The van der Waals surface area contributed by atoms with Gasteiger partial charge in [-0.3, -0.25) is 4.79 Å². The molecular weight excluding hydrogens is 289 g/mol. The molecule has 1 aromatic rings. The largest absolute Gasteiger partial charge is 0.388 e. The van der Waals surface area contributed by atoms with E-state index in [1.165, 1.54) is 12.1 Å². The molecule has 2 rings (SSSR count). The Labute approximate surface area is 107 Å². The molecule has 1 aliphatic rings. The Morgan fingerprint density at radius 2 is 2.24 bits per heavy atom. The van der Waals surface area contributed by atoms with Gasteiger partial charge in [-0.2, -0.15) is 0 Å². The highest BCUT2D eigenvalue weighted by Gasteiger charge is 2.34. The highest BCUT2D eigenvalue weighted by molar-refractivity contribution is 9.10. The topological polar surface area (TPSA) is 49.3 Å². The van der Waals surface area contributed by atoms with Gasteiger partial charge in [0.15, 0.2) is 0 Å². The first-order chi connectivity index (χ1) is 8.00. The molecular formula is C12H13BrFNO2. The second-order valence-corrected chi connectivity index (χ2v) is 5.30. The number of nitrogens with one attached hydrogen (secondary N) is 1. The molecule has 0 unspecified atom stereocenters. The van der Waals surface area contributed by atoms with Gasteiger partial charge in [0.1, 0.15) is 5.82 Å². The summed E-state index contributed by atoms with van der Waals surface area (Å²) in [5.74, 6) is -1.06. The van der Waals surface area contributed by atoms with Gasteiger partial charge >= 0.3 is 0 Å². The minimum atomic E-state index is -0.790. The molecule has 1 aliphatic carbocycles. The summed E-state index contributed by atoms with van der Waals surface area (Å²) in [5, 5.41) is 12.4. The molecule has 0 aliphatic heterocycles. The molecule has 1 fully saturated rings. The van der Waals surface area contributed by atoms with Crippen LogP contribution < -0.4 is 5.32 Å². The molecule has 5 heteroatoms. The quantitative estimate of drug-likeness (QED) is 0.899. The molecule has 1 saturated carbocycles. The van der Waals surface area contributed by atoms with Crippen LogP contribution in [0.1, 0.15) is 29.6 Å². The zero-order valence-electron chi connectivity index (χ0n) is 9.17. The molecule has 3 nitrogen and oxygen atoms in total. The Hall–Kier alpha value is -0.940. The van der Waals surface area contributed by atoms with Gasteiger partial charge < -0.3 is 10.4 Å². The fraction of sp³-hybridized carbons (Fsp3) is 0.417. The summed E-state index contributed by atoms with van der Waals surface area (Å²) in [6.45, 7) is 0.182. The van der Waals surface area contributed by atoms with E-state index in [1.807, 2.05) is 0 Å². The second kappa shape index (κ2) is 4.74. The van der Waals surface area contributed by atoms with E-state index >= 15 is 0 Å². The minimum Gasteiger partial charge on any atom is -0.388 e. The predicted octanol–water partition coefficient (Wildman–Crippen LogP) is 2.23. The zero-order chi connectivity index (χ0) is 12.5. The second-order valence-electron chi connectivity index (χ2n) is 4.38. The molecule has 0 atom stereocenters. The molecule has 0 heterocycles. The summed E-state index contributed by atoms with van der Waals surface area (Å²) in [4.78, 5) is 11.7. The average Bonchev–Trinajstić information content (AvgIpc) is 2.23. The van der Waals surface area contributed by atoms with Crippen molar-refractivity contribution >= 4 is 21.8 Å². The van der Waals surface area contributed by atoms with Gasteiger partial charge in [-0.25, -0.2) is 4.39 Å². The van der Waals surface area contributed by atoms with Crippen molar-refractivity contribution < 1.29 is 14.3 Å². The Balaban J connectivity index is 1.99. The fourth-order valence-corrected chi connectivity index (χ4v) is 2.11. The number of rotatable bonds is 3. The van der Waals surface area contributed by atoms with Crippen molar-refractivity contribution in [1.29, 1.82) is 0 Å². The van der Waals surface area contributed by atoms with Gasteiger partial charge in [0.05, 0.1) is 11.2 Å². The van der Waals surface area contributed by atoms with Crippen LogP contribution in [0.25, 0.3) is 0 Å². The van der Waals surface area contributed by atoms with E-state index in [-0.39, 0.29) is 12.1 Å². The lowest BCUT2D eigenvalue weighted by molar-refractivity contribution is -0.0300. The first-order valence-corrected chi connectivity index (χ1v) is 6.25. The first-order valence-electron chi connectivity index (χ1n) is 5.46. The summed E-state index contributed by atoms with van der Waals surface area (Å²) >= 11 is 3.12. The number of halogens is 2. The van der Waals surface area contributed by atoms with Crippen LogP contribution in [0.15, 0.2) is 22.7 Å². The fourth-order valence-electron chi connectivity index (χ4n) is 1.78. The number of benzene rings is 1. The normalized spacial score (nSPS) is 17.4. The highest BCUT2D eigenvalue weighted by atomic mass is 79.9. The monoisotopic (exact) mass is 301 g/mol. The van der Waals surface area contributed by atoms with Crippen molar-refractivity contribution in [3.05, 3.63) is 34.1 Å². The molecule has 17 heavy (non-hydrogen) atoms. The van der Waals surface area contributed by atoms with Crippen LogP contribution in [0.5, 0.6) is 0 Å². The van der Waals surface area contributed by atoms with Crippen molar-refractivity contribution in [1.82, 2.24) is 5.32 Å². The van der Waals surface area contributed by atoms with Crippen molar-refractivity contribution in [2.24, 2.45) is 0 Å². The van der Waals surface area contributed by atoms with Crippen molar-refractivity contribution in [2.45, 2.75) is 24.9 Å². The van der Waals surface area contributed by atoms with Crippen LogP contribution in [-0.2, 0) is 0 Å². The average molecular weight is 302 g/mol. The van der Waals surface area contributed by atoms with E-state index in [0.717, 1.165) is 6.42 Å². The molecule has 0 spiro atoms. The van der Waals surface area contributed by atoms with Crippen LogP contribution in [0.3, 0.4) is 0 Å². The lowest BCUT2D eigenvalue weighted by atomic mass is 9.80. The highest BCUT2D eigenvalue weighted by Crippen LogP contribution is 2.30. The third-order valence-electron chi connectivity index (χ3n) is 3.04. The Kier molecular flexibility index (Phi) is 3.49. The van der Waals surface area contributed by atoms with Crippen molar-refractivity contribution in [3.63, 3.8) is 0 Å². The summed E-state index contributed by atoms with van der Waals surface area (Å²) in [5.41, 5.74) is -0.794. The Bertz CT molecular complexity index is 446. The molecule has 0 saturated heterocycles. The van der Waals surface area contributed by atoms with E-state index in [0.29, 0.717) is 17.3 Å². The van der Waals surface area contributed by atoms with Gasteiger partial charge in [-0.05, 0) is 37.5 Å². The molecule has 0 bridgehead atoms. The van der Waals surface area contributed by atoms with Crippen LogP contribution in [0, 0.1) is 5.82 Å². The molecule has 2 N–H and O–H groups in total. The number of aliphatic hydroxyl groups is 1. The third kappa shape index (κ3) is 2.84. The van der Waals surface area contributed by atoms with Crippen LogP contribution in [0.2, 0.25) is 0 Å². The zero-order valence-corrected chi connectivity index (χ0v) is 10.8. The number of carbonyl (C=O) groups excluding carboxylic acids is 1. The van der Waals surface area contributed by atoms with Gasteiger partial charge in [0, 0.05) is 11.0 Å². The lowest BCUT2D eigenvalue weighted by Gasteiger charge is -2.36. The van der Waals surface area contributed by atoms with Crippen molar-refractivity contribution in [2.75, 3.05) is 6.54 Å². The maximum atomic E-state index is 13.5. The summed E-state index contributed by atoms with van der Waals surface area (Å²) < 4.78 is 14.1. The molecule has 1 aromatic carbocycles. The number of hydrogen-bond donors (Lipinski definition) is 2. The van der Waals surface area contributed by atoms with E-state index < -0.39 is 17.3 Å². The lowest BCUT2D eigenvalue weighted by Crippen LogP contribution is -2.47. The summed E-state index contributed by atoms with van der Waals surface area (Å²) in [6, 6.07) is 4.27. The van der Waals surface area contributed by atoms with Gasteiger partial charge in [0.25, 0.3) is 5.91 Å². The van der Waals surface area contributed by atoms with Crippen LogP contribution in [0.4, 0.5) is 4.39 Å². The van der Waals surface area contributed by atoms with Gasteiger partial charge in [0.2, 0.25) is 0 Å². The smallest absolute Gasteiger partial charge is 0.254 e. The van der Waals surface area contributed by atoms with E-state index in [2.05, 4.69) is 21.2 Å². The minimum absolute atomic E-state index is 0.00359. The Morgan fingerprint density at radius 3 is 2.76 bits per heavy atom. The predicted molar refractivity (Wildman–Crippen MR) is 65.2 cm³/mol. The van der Waals surface area contributed by atoms with E-state index in [9.17, 15) is 14.3 Å². The first kappa shape index (κ1) is 12.5. The molecule has 92 valence electrons. The van der Waals surface area contributed by atoms with Gasteiger partial charge in [-0.1, -0.05) is 15.9 Å². The molecule has 0 radical (unpaired) electrons. The maximum Gasteiger partial charge on any atom is 0.254 e.